The van der Waals surface area contributed by atoms with Gasteiger partial charge in [-0.1, -0.05) is 36.4 Å². The van der Waals surface area contributed by atoms with Gasteiger partial charge in [-0.25, -0.2) is 21.6 Å². The summed E-state index contributed by atoms with van der Waals surface area (Å²) < 4.78 is 75.7. The second-order valence-electron chi connectivity index (χ2n) is 13.6. The summed E-state index contributed by atoms with van der Waals surface area (Å²) in [5.41, 5.74) is -0.565. The van der Waals surface area contributed by atoms with E-state index in [9.17, 15) is 41.5 Å². The molecular formula is C40H39F3N4O6S. The van der Waals surface area contributed by atoms with E-state index in [2.05, 4.69) is 5.32 Å². The fourth-order valence-corrected chi connectivity index (χ4v) is 8.48. The van der Waals surface area contributed by atoms with Crippen molar-refractivity contribution in [3.8, 4) is 17.2 Å². The number of carbonyl (C=O) groups excluding carboxylic acids is 2. The number of anilines is 1. The van der Waals surface area contributed by atoms with E-state index in [1.165, 1.54) is 28.6 Å². The van der Waals surface area contributed by atoms with Crippen LogP contribution in [0.5, 0.6) is 0 Å². The van der Waals surface area contributed by atoms with E-state index >= 15 is 0 Å². The molecule has 0 bridgehead atoms. The monoisotopic (exact) mass is 760 g/mol. The quantitative estimate of drug-likeness (QED) is 0.203. The van der Waals surface area contributed by atoms with Gasteiger partial charge >= 0.3 is 0 Å². The van der Waals surface area contributed by atoms with Gasteiger partial charge in [-0.2, -0.15) is 9.57 Å². The van der Waals surface area contributed by atoms with E-state index in [-0.39, 0.29) is 54.4 Å². The summed E-state index contributed by atoms with van der Waals surface area (Å²) in [7, 11) is -4.00. The summed E-state index contributed by atoms with van der Waals surface area (Å²) in [5.74, 6) is -5.77. The maximum Gasteiger partial charge on any atom is 0.271 e. The first-order chi connectivity index (χ1) is 25.7. The SMILES string of the molecule is CC(F)(F)c1cc(NC(=O)C(O)(Cc2cccc(-c3cccc(C(=O)N4CCOCC4)c3)c2)C2CCN(S(=O)(=O)c3ccc(F)cc3)CC2)ccc1C#N. The van der Waals surface area contributed by atoms with Gasteiger partial charge in [0.05, 0.1) is 29.7 Å². The third-order valence-electron chi connectivity index (χ3n) is 9.99. The first-order valence-electron chi connectivity index (χ1n) is 17.5. The smallest absolute Gasteiger partial charge is 0.271 e. The van der Waals surface area contributed by atoms with Crippen molar-refractivity contribution in [3.63, 3.8) is 0 Å². The Morgan fingerprint density at radius 2 is 1.57 bits per heavy atom. The molecule has 2 aliphatic heterocycles. The first-order valence-corrected chi connectivity index (χ1v) is 18.9. The molecule has 2 fully saturated rings. The maximum absolute atomic E-state index is 14.4. The van der Waals surface area contributed by atoms with E-state index in [4.69, 9.17) is 4.74 Å². The molecule has 0 radical (unpaired) electrons. The van der Waals surface area contributed by atoms with E-state index in [1.54, 1.807) is 47.4 Å². The highest BCUT2D eigenvalue weighted by molar-refractivity contribution is 7.89. The van der Waals surface area contributed by atoms with E-state index in [0.717, 1.165) is 23.8 Å². The number of amides is 2. The molecule has 10 nitrogen and oxygen atoms in total. The van der Waals surface area contributed by atoms with Gasteiger partial charge in [-0.05, 0) is 90.0 Å². The first kappa shape index (κ1) is 38.6. The highest BCUT2D eigenvalue weighted by Crippen LogP contribution is 2.37. The van der Waals surface area contributed by atoms with E-state index in [0.29, 0.717) is 49.9 Å². The minimum atomic E-state index is -4.00. The number of nitrogens with one attached hydrogen (secondary N) is 1. The molecule has 2 heterocycles. The number of nitrogens with zero attached hydrogens (tertiary/aromatic N) is 3. The van der Waals surface area contributed by atoms with Crippen LogP contribution in [0.3, 0.4) is 0 Å². The Bertz CT molecular complexity index is 2170. The molecule has 2 amide bonds. The second kappa shape index (κ2) is 15.7. The van der Waals surface area contributed by atoms with Gasteiger partial charge in [0.15, 0.2) is 0 Å². The molecule has 1 atom stereocenters. The number of sulfonamides is 1. The molecule has 54 heavy (non-hydrogen) atoms. The number of aliphatic hydroxyl groups is 1. The predicted molar refractivity (Wildman–Crippen MR) is 194 cm³/mol. The Hall–Kier alpha value is -5.07. The number of halogens is 3. The molecular weight excluding hydrogens is 722 g/mol. The van der Waals surface area contributed by atoms with Crippen LogP contribution in [-0.4, -0.2) is 79.5 Å². The van der Waals surface area contributed by atoms with Crippen molar-refractivity contribution >= 4 is 27.5 Å². The fourth-order valence-electron chi connectivity index (χ4n) is 7.01. The number of rotatable bonds is 10. The summed E-state index contributed by atoms with van der Waals surface area (Å²) in [4.78, 5) is 29.0. The van der Waals surface area contributed by atoms with Gasteiger partial charge in [0.1, 0.15) is 11.4 Å². The number of benzene rings is 4. The highest BCUT2D eigenvalue weighted by atomic mass is 32.2. The second-order valence-corrected chi connectivity index (χ2v) is 15.6. The molecule has 0 spiro atoms. The molecule has 6 rings (SSSR count). The van der Waals surface area contributed by atoms with Crippen LogP contribution in [0.2, 0.25) is 0 Å². The van der Waals surface area contributed by atoms with Gasteiger partial charge in [-0.3, -0.25) is 9.59 Å². The van der Waals surface area contributed by atoms with E-state index < -0.39 is 44.8 Å². The number of hydrogen-bond donors (Lipinski definition) is 2. The fraction of sp³-hybridized carbons (Fsp3) is 0.325. The Balaban J connectivity index is 1.29. The van der Waals surface area contributed by atoms with Crippen molar-refractivity contribution in [2.24, 2.45) is 5.92 Å². The third kappa shape index (κ3) is 8.34. The number of hydrogen-bond acceptors (Lipinski definition) is 7. The van der Waals surface area contributed by atoms with Crippen LogP contribution in [0.1, 0.15) is 46.8 Å². The van der Waals surface area contributed by atoms with Crippen LogP contribution in [0, 0.1) is 23.1 Å². The lowest BCUT2D eigenvalue weighted by atomic mass is 9.76. The Labute approximate surface area is 311 Å². The van der Waals surface area contributed by atoms with E-state index in [1.807, 2.05) is 12.1 Å². The number of alkyl halides is 2. The van der Waals surface area contributed by atoms with Gasteiger partial charge in [-0.15, -0.1) is 0 Å². The van der Waals surface area contributed by atoms with Crippen molar-refractivity contribution in [2.75, 3.05) is 44.7 Å². The number of ether oxygens (including phenoxy) is 1. The number of nitriles is 1. The van der Waals surface area contributed by atoms with Crippen LogP contribution >= 0.6 is 0 Å². The van der Waals surface area contributed by atoms with Crippen LogP contribution < -0.4 is 5.32 Å². The number of morpholine rings is 1. The van der Waals surface area contributed by atoms with Crippen molar-refractivity contribution < 1.29 is 41.0 Å². The van der Waals surface area contributed by atoms with Crippen LogP contribution in [0.25, 0.3) is 11.1 Å². The Morgan fingerprint density at radius 1 is 0.926 bits per heavy atom. The van der Waals surface area contributed by atoms with Crippen LogP contribution in [-0.2, 0) is 31.9 Å². The number of carbonyl (C=O) groups is 2. The highest BCUT2D eigenvalue weighted by Gasteiger charge is 2.46. The molecule has 14 heteroatoms. The van der Waals surface area contributed by atoms with Crippen molar-refractivity contribution in [2.45, 2.75) is 42.6 Å². The molecule has 2 aliphatic rings. The minimum absolute atomic E-state index is 0.0486. The zero-order valence-corrected chi connectivity index (χ0v) is 30.3. The summed E-state index contributed by atoms with van der Waals surface area (Å²) >= 11 is 0. The van der Waals surface area contributed by atoms with Gasteiger partial charge < -0.3 is 20.1 Å². The average Bonchev–Trinajstić information content (AvgIpc) is 3.18. The maximum atomic E-state index is 14.4. The van der Waals surface area contributed by atoms with Crippen molar-refractivity contribution in [3.05, 3.63) is 119 Å². The molecule has 4 aromatic carbocycles. The minimum Gasteiger partial charge on any atom is -0.379 e. The molecule has 0 aliphatic carbocycles. The van der Waals surface area contributed by atoms with Gasteiger partial charge in [0.25, 0.3) is 17.7 Å². The topological polar surface area (TPSA) is 140 Å². The summed E-state index contributed by atoms with van der Waals surface area (Å²) in [6.45, 7) is 2.44. The van der Waals surface area contributed by atoms with Crippen LogP contribution in [0.15, 0.2) is 95.9 Å². The van der Waals surface area contributed by atoms with Gasteiger partial charge in [0, 0.05) is 56.3 Å². The standard InChI is InChI=1S/C40H39F3N4O6S/c1-39(42,43)36-24-34(11-8-31(36)26-44)45-38(49)40(50,32-14-16-47(17-15-32)54(51,52)35-12-9-33(41)10-13-35)25-27-4-2-5-28(22-27)29-6-3-7-30(23-29)37(48)46-18-20-53-21-19-46/h2-13,22-24,32,50H,14-21,25H2,1H3,(H,45,49). The lowest BCUT2D eigenvalue weighted by molar-refractivity contribution is -0.141. The molecule has 0 saturated carbocycles. The largest absolute Gasteiger partial charge is 0.379 e. The summed E-state index contributed by atoms with van der Waals surface area (Å²) in [6, 6.07) is 23.9. The summed E-state index contributed by atoms with van der Waals surface area (Å²) in [6.07, 6.45) is -0.0791. The molecule has 282 valence electrons. The van der Waals surface area contributed by atoms with Gasteiger partial charge in [0.2, 0.25) is 10.0 Å². The zero-order valence-electron chi connectivity index (χ0n) is 29.5. The predicted octanol–water partition coefficient (Wildman–Crippen LogP) is 5.96. The van der Waals surface area contributed by atoms with Crippen molar-refractivity contribution in [1.82, 2.24) is 9.21 Å². The molecule has 2 N–H and O–H groups in total. The molecule has 4 aromatic rings. The summed E-state index contributed by atoms with van der Waals surface area (Å²) in [5, 5.41) is 24.4. The molecule has 0 aromatic heterocycles. The molecule has 1 unspecified atom stereocenters. The zero-order chi connectivity index (χ0) is 38.7. The Morgan fingerprint density at radius 3 is 2.22 bits per heavy atom. The normalized spacial score (nSPS) is 17.0. The Kier molecular flexibility index (Phi) is 11.3. The number of piperidine rings is 1. The lowest BCUT2D eigenvalue weighted by Gasteiger charge is -2.40. The molecule has 2 saturated heterocycles. The third-order valence-corrected chi connectivity index (χ3v) is 11.9. The average molecular weight is 761 g/mol. The lowest BCUT2D eigenvalue weighted by Crippen LogP contribution is -2.54. The van der Waals surface area contributed by atoms with Crippen LogP contribution in [0.4, 0.5) is 18.9 Å². The van der Waals surface area contributed by atoms with Crippen molar-refractivity contribution in [1.29, 1.82) is 5.26 Å².